The predicted octanol–water partition coefficient (Wildman–Crippen LogP) is 1.87. The first-order valence-electron chi connectivity index (χ1n) is 10.4. The quantitative estimate of drug-likeness (QED) is 0.313. The number of amides is 1. The molecule has 0 unspecified atom stereocenters. The van der Waals surface area contributed by atoms with Crippen LogP contribution in [0, 0.1) is 0 Å². The molecule has 9 nitrogen and oxygen atoms in total. The minimum atomic E-state index is -1.33. The molecule has 2 aliphatic rings. The zero-order valence-corrected chi connectivity index (χ0v) is 19.7. The minimum Gasteiger partial charge on any atom is -0.448 e. The number of thioether (sulfide) groups is 1. The standard InChI is InChI=1S/C23H20N6O3S2/c1-28-19(25-26-27-28)16-12-34-22-23(24,13-33)21(31)29(22)17(16)20(30)32-18(14-8-4-2-5-9-14)15-10-6-3-7-11-15/h2-11,13,18,22H,12,24H2,1H3/t22-,23+/m0/s1. The van der Waals surface area contributed by atoms with Crippen LogP contribution in [0.15, 0.2) is 66.4 Å². The van der Waals surface area contributed by atoms with E-state index in [-0.39, 0.29) is 5.70 Å². The molecule has 172 valence electrons. The van der Waals surface area contributed by atoms with Gasteiger partial charge in [0.15, 0.2) is 17.5 Å². The van der Waals surface area contributed by atoms with Crippen molar-refractivity contribution in [2.75, 3.05) is 5.75 Å². The van der Waals surface area contributed by atoms with Crippen molar-refractivity contribution in [3.63, 3.8) is 0 Å². The lowest BCUT2D eigenvalue weighted by atomic mass is 9.89. The molecule has 2 aliphatic heterocycles. The number of ether oxygens (including phenoxy) is 1. The number of carbonyl (C=O) groups excluding carboxylic acids is 2. The number of aromatic nitrogens is 4. The number of rotatable bonds is 6. The Kier molecular flexibility index (Phi) is 5.76. The molecule has 1 aromatic heterocycles. The summed E-state index contributed by atoms with van der Waals surface area (Å²) in [4.78, 5) is 28.2. The van der Waals surface area contributed by atoms with Crippen molar-refractivity contribution in [2.45, 2.75) is 17.0 Å². The van der Waals surface area contributed by atoms with Gasteiger partial charge in [-0.3, -0.25) is 9.69 Å². The van der Waals surface area contributed by atoms with Crippen LogP contribution in [0.25, 0.3) is 5.57 Å². The molecule has 1 fully saturated rings. The second-order valence-electron chi connectivity index (χ2n) is 7.95. The fourth-order valence-electron chi connectivity index (χ4n) is 4.11. The van der Waals surface area contributed by atoms with Gasteiger partial charge in [0.25, 0.3) is 5.91 Å². The summed E-state index contributed by atoms with van der Waals surface area (Å²) in [5.74, 6) is -0.397. The highest BCUT2D eigenvalue weighted by atomic mass is 32.2. The van der Waals surface area contributed by atoms with Crippen molar-refractivity contribution in [3.8, 4) is 0 Å². The summed E-state index contributed by atoms with van der Waals surface area (Å²) in [5.41, 5.74) is 7.10. The van der Waals surface area contributed by atoms with Crippen LogP contribution < -0.4 is 5.73 Å². The van der Waals surface area contributed by atoms with E-state index in [9.17, 15) is 9.59 Å². The molecule has 0 spiro atoms. The maximum atomic E-state index is 13.8. The van der Waals surface area contributed by atoms with Gasteiger partial charge in [-0.05, 0) is 21.6 Å². The first kappa shape index (κ1) is 22.4. The highest BCUT2D eigenvalue weighted by molar-refractivity contribution is 8.00. The molecule has 1 saturated heterocycles. The summed E-state index contributed by atoms with van der Waals surface area (Å²) in [6.45, 7) is 0. The number of β-lactam (4-membered cyclic amide) rings is 1. The molecule has 0 saturated carbocycles. The molecular formula is C23H20N6O3S2. The molecule has 1 amide bonds. The molecule has 0 radical (unpaired) electrons. The molecule has 0 bridgehead atoms. The number of tetrazole rings is 1. The Morgan fingerprint density at radius 1 is 1.21 bits per heavy atom. The van der Waals surface area contributed by atoms with Crippen LogP contribution in [-0.4, -0.2) is 59.0 Å². The highest BCUT2D eigenvalue weighted by Crippen LogP contribution is 2.47. The molecule has 0 aliphatic carbocycles. The Labute approximate surface area is 204 Å². The van der Waals surface area contributed by atoms with Gasteiger partial charge in [-0.2, -0.15) is 0 Å². The van der Waals surface area contributed by atoms with Crippen LogP contribution in [-0.2, 0) is 21.4 Å². The number of fused-ring (bicyclic) bond motifs is 1. The maximum absolute atomic E-state index is 13.8. The van der Waals surface area contributed by atoms with E-state index in [0.717, 1.165) is 11.1 Å². The van der Waals surface area contributed by atoms with Gasteiger partial charge in [0.1, 0.15) is 11.1 Å². The van der Waals surface area contributed by atoms with Gasteiger partial charge < -0.3 is 10.5 Å². The Hall–Kier alpha value is -3.41. The van der Waals surface area contributed by atoms with Crippen molar-refractivity contribution in [1.82, 2.24) is 25.1 Å². The van der Waals surface area contributed by atoms with Gasteiger partial charge in [-0.1, -0.05) is 72.9 Å². The smallest absolute Gasteiger partial charge is 0.356 e. The molecule has 34 heavy (non-hydrogen) atoms. The van der Waals surface area contributed by atoms with Crippen molar-refractivity contribution in [2.24, 2.45) is 12.8 Å². The summed E-state index contributed by atoms with van der Waals surface area (Å²) < 4.78 is 7.53. The third-order valence-electron chi connectivity index (χ3n) is 5.85. The van der Waals surface area contributed by atoms with E-state index in [1.54, 1.807) is 7.05 Å². The van der Waals surface area contributed by atoms with E-state index in [1.807, 2.05) is 60.7 Å². The van der Waals surface area contributed by atoms with Crippen molar-refractivity contribution in [3.05, 3.63) is 83.3 Å². The van der Waals surface area contributed by atoms with Gasteiger partial charge in [0, 0.05) is 23.7 Å². The zero-order valence-electron chi connectivity index (χ0n) is 18.1. The van der Waals surface area contributed by atoms with Crippen LogP contribution in [0.1, 0.15) is 23.1 Å². The van der Waals surface area contributed by atoms with Gasteiger partial charge in [0.2, 0.25) is 0 Å². The monoisotopic (exact) mass is 492 g/mol. The number of hydrogen-bond donors (Lipinski definition) is 1. The fraction of sp³-hybridized carbons (Fsp3) is 0.217. The third-order valence-corrected chi connectivity index (χ3v) is 7.61. The number of carbonyl (C=O) groups is 2. The number of aryl methyl sites for hydroxylation is 1. The van der Waals surface area contributed by atoms with Crippen LogP contribution in [0.2, 0.25) is 0 Å². The lowest BCUT2D eigenvalue weighted by molar-refractivity contribution is -0.154. The number of hydrogen-bond acceptors (Lipinski definition) is 9. The summed E-state index contributed by atoms with van der Waals surface area (Å²) in [5, 5.41) is 12.4. The largest absolute Gasteiger partial charge is 0.448 e. The number of nitrogens with zero attached hydrogens (tertiary/aromatic N) is 5. The van der Waals surface area contributed by atoms with Gasteiger partial charge in [-0.15, -0.1) is 16.9 Å². The van der Waals surface area contributed by atoms with Crippen LogP contribution >= 0.6 is 24.0 Å². The molecule has 2 aromatic carbocycles. The molecule has 3 aromatic rings. The average molecular weight is 493 g/mol. The lowest BCUT2D eigenvalue weighted by Crippen LogP contribution is -2.78. The predicted molar refractivity (Wildman–Crippen MR) is 130 cm³/mol. The molecule has 2 N–H and O–H groups in total. The van der Waals surface area contributed by atoms with Crippen LogP contribution in [0.5, 0.6) is 0 Å². The van der Waals surface area contributed by atoms with Gasteiger partial charge in [-0.25, -0.2) is 9.48 Å². The van der Waals surface area contributed by atoms with Crippen molar-refractivity contribution in [1.29, 1.82) is 0 Å². The number of esters is 1. The Bertz CT molecular complexity index is 1260. The topological polar surface area (TPSA) is 116 Å². The Morgan fingerprint density at radius 3 is 2.35 bits per heavy atom. The second-order valence-corrected chi connectivity index (χ2v) is 9.25. The Balaban J connectivity index is 1.59. The minimum absolute atomic E-state index is 0.0847. The van der Waals surface area contributed by atoms with E-state index in [1.165, 1.54) is 26.7 Å². The summed E-state index contributed by atoms with van der Waals surface area (Å²) in [6, 6.07) is 18.8. The van der Waals surface area contributed by atoms with E-state index in [4.69, 9.17) is 22.7 Å². The van der Waals surface area contributed by atoms with E-state index in [0.29, 0.717) is 17.2 Å². The van der Waals surface area contributed by atoms with Crippen LogP contribution in [0.3, 0.4) is 0 Å². The van der Waals surface area contributed by atoms with Gasteiger partial charge in [0.05, 0.1) is 0 Å². The molecular weight excluding hydrogens is 472 g/mol. The summed E-state index contributed by atoms with van der Waals surface area (Å²) in [6.07, 6.45) is -0.682. The highest BCUT2D eigenvalue weighted by Gasteiger charge is 2.62. The van der Waals surface area contributed by atoms with Crippen molar-refractivity contribution < 1.29 is 14.3 Å². The van der Waals surface area contributed by atoms with E-state index >= 15 is 0 Å². The number of thiocarbonyl (C=S) groups is 1. The summed E-state index contributed by atoms with van der Waals surface area (Å²) >= 11 is 6.44. The third kappa shape index (κ3) is 3.52. The maximum Gasteiger partial charge on any atom is 0.356 e. The fourth-order valence-corrected chi connectivity index (χ4v) is 5.81. The van der Waals surface area contributed by atoms with Crippen LogP contribution in [0.4, 0.5) is 0 Å². The first-order chi connectivity index (χ1) is 16.5. The van der Waals surface area contributed by atoms with E-state index < -0.39 is 28.9 Å². The second kappa shape index (κ2) is 8.75. The molecule has 5 rings (SSSR count). The molecule has 3 heterocycles. The zero-order chi connectivity index (χ0) is 23.9. The normalized spacial score (nSPS) is 21.8. The van der Waals surface area contributed by atoms with Gasteiger partial charge >= 0.3 is 5.97 Å². The first-order valence-corrected chi connectivity index (χ1v) is 11.9. The van der Waals surface area contributed by atoms with E-state index in [2.05, 4.69) is 15.5 Å². The lowest BCUT2D eigenvalue weighted by Gasteiger charge is -2.53. The molecule has 2 atom stereocenters. The number of nitrogens with two attached hydrogens (primary N) is 1. The SMILES string of the molecule is Cn1nnnc1C1=C(C(=O)OC(c2ccccc2)c2ccccc2)N2C(=O)[C@](N)(C=S)[C@@H]2SC1. The van der Waals surface area contributed by atoms with Crippen molar-refractivity contribution >= 4 is 46.8 Å². The Morgan fingerprint density at radius 2 is 1.82 bits per heavy atom. The molecule has 11 heteroatoms. The number of benzene rings is 2. The summed E-state index contributed by atoms with van der Waals surface area (Å²) in [7, 11) is 1.67. The average Bonchev–Trinajstić information content (AvgIpc) is 3.32.